The molecule has 0 radical (unpaired) electrons. The van der Waals surface area contributed by atoms with Crippen LogP contribution in [0.1, 0.15) is 52.1 Å². The fraction of sp³-hybridized carbons (Fsp3) is 0.600. The van der Waals surface area contributed by atoms with Crippen molar-refractivity contribution < 1.29 is 4.39 Å². The van der Waals surface area contributed by atoms with Crippen LogP contribution in [0.2, 0.25) is 5.02 Å². The van der Waals surface area contributed by atoms with Gasteiger partial charge in [0, 0.05) is 12.1 Å². The van der Waals surface area contributed by atoms with Gasteiger partial charge in [0.05, 0.1) is 5.02 Å². The first kappa shape index (κ1) is 15.5. The predicted molar refractivity (Wildman–Crippen MR) is 76.5 cm³/mol. The molecule has 3 heteroatoms. The van der Waals surface area contributed by atoms with Gasteiger partial charge in [0.1, 0.15) is 5.82 Å². The Morgan fingerprint density at radius 3 is 2.39 bits per heavy atom. The lowest BCUT2D eigenvalue weighted by Crippen LogP contribution is -2.29. The van der Waals surface area contributed by atoms with Gasteiger partial charge in [-0.15, -0.1) is 0 Å². The molecule has 0 bridgehead atoms. The number of benzene rings is 1. The van der Waals surface area contributed by atoms with E-state index >= 15 is 0 Å². The molecule has 0 spiro atoms. The summed E-state index contributed by atoms with van der Waals surface area (Å²) in [7, 11) is 0. The molecular weight excluding hydrogens is 249 g/mol. The van der Waals surface area contributed by atoms with Crippen molar-refractivity contribution in [1.29, 1.82) is 0 Å². The third-order valence-electron chi connectivity index (χ3n) is 3.16. The highest BCUT2D eigenvalue weighted by Crippen LogP contribution is 2.21. The van der Waals surface area contributed by atoms with Gasteiger partial charge in [0.25, 0.3) is 0 Å². The van der Waals surface area contributed by atoms with E-state index in [4.69, 9.17) is 11.6 Å². The molecule has 0 amide bonds. The molecule has 0 aliphatic heterocycles. The molecule has 1 aromatic rings. The third kappa shape index (κ3) is 4.95. The monoisotopic (exact) mass is 271 g/mol. The summed E-state index contributed by atoms with van der Waals surface area (Å²) in [5.41, 5.74) is 0.938. The quantitative estimate of drug-likeness (QED) is 0.772. The van der Waals surface area contributed by atoms with Gasteiger partial charge < -0.3 is 5.32 Å². The van der Waals surface area contributed by atoms with Crippen molar-refractivity contribution >= 4 is 11.6 Å². The van der Waals surface area contributed by atoms with Crippen molar-refractivity contribution in [2.45, 2.75) is 52.6 Å². The topological polar surface area (TPSA) is 12.0 Å². The maximum atomic E-state index is 13.4. The minimum Gasteiger partial charge on any atom is -0.308 e. The van der Waals surface area contributed by atoms with E-state index in [-0.39, 0.29) is 16.9 Å². The highest BCUT2D eigenvalue weighted by atomic mass is 35.5. The molecule has 0 saturated carbocycles. The van der Waals surface area contributed by atoms with Crippen LogP contribution in [0.25, 0.3) is 0 Å². The first-order valence-corrected chi connectivity index (χ1v) is 6.99. The summed E-state index contributed by atoms with van der Waals surface area (Å²) in [4.78, 5) is 0. The lowest BCUT2D eigenvalue weighted by Gasteiger charge is -2.21. The number of nitrogens with one attached hydrogen (secondary N) is 1. The first-order valence-electron chi connectivity index (χ1n) is 6.61. The Balaban J connectivity index is 2.53. The van der Waals surface area contributed by atoms with E-state index in [1.807, 2.05) is 6.07 Å². The largest absolute Gasteiger partial charge is 0.308 e. The standard InChI is InChI=1S/C15H23ClFN/c1-10(2)5-6-11(3)18-12(4)13-7-8-14(16)15(17)9-13/h7-12,18H,5-6H2,1-4H3. The number of rotatable bonds is 6. The van der Waals surface area contributed by atoms with Crippen molar-refractivity contribution in [1.82, 2.24) is 5.32 Å². The Kier molecular flexibility index (Phi) is 6.10. The highest BCUT2D eigenvalue weighted by Gasteiger charge is 2.11. The second-order valence-electron chi connectivity index (χ2n) is 5.43. The van der Waals surface area contributed by atoms with Crippen molar-refractivity contribution in [2.24, 2.45) is 5.92 Å². The Morgan fingerprint density at radius 1 is 1.17 bits per heavy atom. The zero-order chi connectivity index (χ0) is 13.7. The van der Waals surface area contributed by atoms with Crippen molar-refractivity contribution in [2.75, 3.05) is 0 Å². The fourth-order valence-corrected chi connectivity index (χ4v) is 2.09. The molecule has 0 heterocycles. The third-order valence-corrected chi connectivity index (χ3v) is 3.46. The van der Waals surface area contributed by atoms with Crippen LogP contribution in [0.15, 0.2) is 18.2 Å². The molecule has 0 fully saturated rings. The summed E-state index contributed by atoms with van der Waals surface area (Å²) in [6.07, 6.45) is 2.34. The molecule has 0 aromatic heterocycles. The molecule has 18 heavy (non-hydrogen) atoms. The smallest absolute Gasteiger partial charge is 0.142 e. The minimum absolute atomic E-state index is 0.138. The van der Waals surface area contributed by atoms with Gasteiger partial charge in [0.2, 0.25) is 0 Å². The van der Waals surface area contributed by atoms with Crippen LogP contribution in [-0.2, 0) is 0 Å². The molecule has 2 atom stereocenters. The molecule has 1 rings (SSSR count). The van der Waals surface area contributed by atoms with Gasteiger partial charge in [-0.25, -0.2) is 4.39 Å². The highest BCUT2D eigenvalue weighted by molar-refractivity contribution is 6.30. The molecule has 1 N–H and O–H groups in total. The van der Waals surface area contributed by atoms with E-state index < -0.39 is 0 Å². The summed E-state index contributed by atoms with van der Waals surface area (Å²) in [6.45, 7) is 8.68. The molecule has 1 aromatic carbocycles. The maximum absolute atomic E-state index is 13.4. The Hall–Kier alpha value is -0.600. The summed E-state index contributed by atoms with van der Waals surface area (Å²) in [6, 6.07) is 5.57. The van der Waals surface area contributed by atoms with Crippen molar-refractivity contribution in [3.05, 3.63) is 34.6 Å². The van der Waals surface area contributed by atoms with E-state index in [1.165, 1.54) is 12.5 Å². The second kappa shape index (κ2) is 7.10. The van der Waals surface area contributed by atoms with Crippen LogP contribution in [0.3, 0.4) is 0 Å². The van der Waals surface area contributed by atoms with Crippen LogP contribution in [-0.4, -0.2) is 6.04 Å². The molecule has 2 unspecified atom stereocenters. The van der Waals surface area contributed by atoms with E-state index in [0.29, 0.717) is 6.04 Å². The predicted octanol–water partition coefficient (Wildman–Crippen LogP) is 4.95. The molecule has 0 saturated heterocycles. The lowest BCUT2D eigenvalue weighted by atomic mass is 10.0. The summed E-state index contributed by atoms with van der Waals surface area (Å²) >= 11 is 5.68. The van der Waals surface area contributed by atoms with E-state index in [1.54, 1.807) is 6.07 Å². The zero-order valence-electron chi connectivity index (χ0n) is 11.6. The molecular formula is C15H23ClFN. The van der Waals surface area contributed by atoms with Crippen LogP contribution in [0.4, 0.5) is 4.39 Å². The molecule has 102 valence electrons. The van der Waals surface area contributed by atoms with Gasteiger partial charge in [-0.3, -0.25) is 0 Å². The van der Waals surface area contributed by atoms with E-state index in [9.17, 15) is 4.39 Å². The summed E-state index contributed by atoms with van der Waals surface area (Å²) < 4.78 is 13.4. The summed E-state index contributed by atoms with van der Waals surface area (Å²) in [5.74, 6) is 0.371. The lowest BCUT2D eigenvalue weighted by molar-refractivity contribution is 0.416. The second-order valence-corrected chi connectivity index (χ2v) is 5.84. The zero-order valence-corrected chi connectivity index (χ0v) is 12.4. The Bertz CT molecular complexity index is 379. The average Bonchev–Trinajstić information content (AvgIpc) is 2.30. The van der Waals surface area contributed by atoms with Gasteiger partial charge in [0.15, 0.2) is 0 Å². The van der Waals surface area contributed by atoms with Crippen LogP contribution in [0.5, 0.6) is 0 Å². The number of hydrogen-bond acceptors (Lipinski definition) is 1. The Morgan fingerprint density at radius 2 is 1.83 bits per heavy atom. The number of hydrogen-bond donors (Lipinski definition) is 1. The van der Waals surface area contributed by atoms with Crippen LogP contribution in [0, 0.1) is 11.7 Å². The average molecular weight is 272 g/mol. The summed E-state index contributed by atoms with van der Waals surface area (Å²) in [5, 5.41) is 3.67. The molecule has 0 aliphatic rings. The minimum atomic E-state index is -0.349. The van der Waals surface area contributed by atoms with Crippen LogP contribution < -0.4 is 5.32 Å². The molecule has 0 aliphatic carbocycles. The van der Waals surface area contributed by atoms with E-state index in [2.05, 4.69) is 33.0 Å². The van der Waals surface area contributed by atoms with Crippen molar-refractivity contribution in [3.63, 3.8) is 0 Å². The van der Waals surface area contributed by atoms with Gasteiger partial charge in [-0.05, 0) is 50.3 Å². The first-order chi connectivity index (χ1) is 8.40. The maximum Gasteiger partial charge on any atom is 0.142 e. The Labute approximate surface area is 115 Å². The van der Waals surface area contributed by atoms with Crippen molar-refractivity contribution in [3.8, 4) is 0 Å². The van der Waals surface area contributed by atoms with Gasteiger partial charge in [-0.1, -0.05) is 31.5 Å². The molecule has 1 nitrogen and oxygen atoms in total. The van der Waals surface area contributed by atoms with Gasteiger partial charge >= 0.3 is 0 Å². The van der Waals surface area contributed by atoms with Crippen LogP contribution >= 0.6 is 11.6 Å². The fourth-order valence-electron chi connectivity index (χ4n) is 1.97. The SMILES string of the molecule is CC(C)CCC(C)NC(C)c1ccc(Cl)c(F)c1. The van der Waals surface area contributed by atoms with E-state index in [0.717, 1.165) is 17.9 Å². The number of halogens is 2. The normalized spacial score (nSPS) is 14.8. The van der Waals surface area contributed by atoms with Gasteiger partial charge in [-0.2, -0.15) is 0 Å².